The molecule has 1 spiro atoms. The van der Waals surface area contributed by atoms with Gasteiger partial charge in [0.25, 0.3) is 0 Å². The molecule has 1 amide bonds. The summed E-state index contributed by atoms with van der Waals surface area (Å²) in [6, 6.07) is 11.4. The van der Waals surface area contributed by atoms with Crippen molar-refractivity contribution >= 4 is 17.5 Å². The molecule has 28 heavy (non-hydrogen) atoms. The molecule has 2 aliphatic rings. The summed E-state index contributed by atoms with van der Waals surface area (Å²) in [4.78, 5) is 13.6. The van der Waals surface area contributed by atoms with Crippen LogP contribution in [0.15, 0.2) is 42.5 Å². The summed E-state index contributed by atoms with van der Waals surface area (Å²) in [6.45, 7) is 2.72. The van der Waals surface area contributed by atoms with E-state index in [0.717, 1.165) is 43.8 Å². The third-order valence-corrected chi connectivity index (χ3v) is 5.43. The van der Waals surface area contributed by atoms with Crippen LogP contribution in [0.4, 0.5) is 25.0 Å². The van der Waals surface area contributed by atoms with Crippen molar-refractivity contribution in [2.24, 2.45) is 5.41 Å². The molecular formula is C21H22F2N2O3. The van der Waals surface area contributed by atoms with Gasteiger partial charge in [-0.3, -0.25) is 5.32 Å². The number of hydrogen-bond donors (Lipinski definition) is 1. The first-order chi connectivity index (χ1) is 13.5. The molecule has 1 N–H and O–H groups in total. The van der Waals surface area contributed by atoms with Crippen LogP contribution in [0.1, 0.15) is 18.4 Å². The molecule has 2 aromatic carbocycles. The molecule has 2 saturated heterocycles. The topological polar surface area (TPSA) is 50.8 Å². The van der Waals surface area contributed by atoms with Crippen LogP contribution < -0.4 is 10.2 Å². The standard InChI is InChI=1S/C21H22F2N2O3/c22-17-10-16(24-20(26)28-12-15-4-2-1-3-5-15)11-18(23)19(17)25-8-6-21(7-9-25)13-27-14-21/h1-5,10-11H,6-9,12-14H2,(H,24,26). The minimum atomic E-state index is -0.764. The van der Waals surface area contributed by atoms with Crippen molar-refractivity contribution in [3.8, 4) is 0 Å². The van der Waals surface area contributed by atoms with Gasteiger partial charge in [0, 0.05) is 24.2 Å². The minimum Gasteiger partial charge on any atom is -0.444 e. The second-order valence-electron chi connectivity index (χ2n) is 7.46. The summed E-state index contributed by atoms with van der Waals surface area (Å²) in [6.07, 6.45) is 0.954. The van der Waals surface area contributed by atoms with Crippen molar-refractivity contribution in [3.63, 3.8) is 0 Å². The summed E-state index contributed by atoms with van der Waals surface area (Å²) in [7, 11) is 0. The van der Waals surface area contributed by atoms with Gasteiger partial charge in [-0.25, -0.2) is 13.6 Å². The fourth-order valence-electron chi connectivity index (χ4n) is 3.70. The second kappa shape index (κ2) is 7.75. The average molecular weight is 388 g/mol. The van der Waals surface area contributed by atoms with Gasteiger partial charge < -0.3 is 14.4 Å². The first-order valence-electron chi connectivity index (χ1n) is 9.34. The number of rotatable bonds is 4. The molecule has 2 heterocycles. The lowest BCUT2D eigenvalue weighted by Crippen LogP contribution is -2.51. The lowest BCUT2D eigenvalue weighted by atomic mass is 9.77. The van der Waals surface area contributed by atoms with Crippen molar-refractivity contribution in [1.82, 2.24) is 0 Å². The van der Waals surface area contributed by atoms with Gasteiger partial charge in [0.1, 0.15) is 12.3 Å². The molecule has 0 unspecified atom stereocenters. The molecule has 0 radical (unpaired) electrons. The highest BCUT2D eigenvalue weighted by atomic mass is 19.1. The van der Waals surface area contributed by atoms with Gasteiger partial charge in [0.05, 0.1) is 13.2 Å². The van der Waals surface area contributed by atoms with Crippen LogP contribution in [0.25, 0.3) is 0 Å². The Morgan fingerprint density at radius 1 is 1.11 bits per heavy atom. The van der Waals surface area contributed by atoms with Crippen molar-refractivity contribution in [3.05, 3.63) is 59.7 Å². The van der Waals surface area contributed by atoms with Crippen molar-refractivity contribution in [1.29, 1.82) is 0 Å². The van der Waals surface area contributed by atoms with E-state index in [0.29, 0.717) is 13.1 Å². The molecule has 2 fully saturated rings. The summed E-state index contributed by atoms with van der Waals surface area (Å²) >= 11 is 0. The van der Waals surface area contributed by atoms with E-state index in [-0.39, 0.29) is 23.4 Å². The highest BCUT2D eigenvalue weighted by Gasteiger charge is 2.41. The molecule has 0 atom stereocenters. The molecule has 0 bridgehead atoms. The monoisotopic (exact) mass is 388 g/mol. The zero-order valence-electron chi connectivity index (χ0n) is 15.4. The van der Waals surface area contributed by atoms with E-state index in [1.165, 1.54) is 0 Å². The van der Waals surface area contributed by atoms with Crippen LogP contribution in [-0.2, 0) is 16.1 Å². The van der Waals surface area contributed by atoms with Crippen molar-refractivity contribution in [2.45, 2.75) is 19.4 Å². The van der Waals surface area contributed by atoms with Gasteiger partial charge in [-0.05, 0) is 30.5 Å². The first-order valence-corrected chi connectivity index (χ1v) is 9.34. The maximum atomic E-state index is 14.6. The van der Waals surface area contributed by atoms with E-state index in [9.17, 15) is 13.6 Å². The number of carbonyl (C=O) groups excluding carboxylic acids is 1. The fraction of sp³-hybridized carbons (Fsp3) is 0.381. The van der Waals surface area contributed by atoms with Crippen molar-refractivity contribution < 1.29 is 23.0 Å². The van der Waals surface area contributed by atoms with Crippen LogP contribution in [0.3, 0.4) is 0 Å². The van der Waals surface area contributed by atoms with Gasteiger partial charge in [0.2, 0.25) is 0 Å². The molecule has 4 rings (SSSR count). The lowest BCUT2D eigenvalue weighted by molar-refractivity contribution is -0.124. The third-order valence-electron chi connectivity index (χ3n) is 5.43. The van der Waals surface area contributed by atoms with Gasteiger partial charge in [-0.1, -0.05) is 30.3 Å². The normalized spacial score (nSPS) is 17.9. The number of halogens is 2. The Labute approximate surface area is 162 Å². The summed E-state index contributed by atoms with van der Waals surface area (Å²) in [5, 5.41) is 2.38. The molecular weight excluding hydrogens is 366 g/mol. The Hall–Kier alpha value is -2.67. The summed E-state index contributed by atoms with van der Waals surface area (Å²) in [5.41, 5.74) is 0.995. The Kier molecular flexibility index (Phi) is 5.17. The predicted molar refractivity (Wildman–Crippen MR) is 101 cm³/mol. The molecule has 2 aliphatic heterocycles. The summed E-state index contributed by atoms with van der Waals surface area (Å²) in [5.74, 6) is -1.39. The number of nitrogens with one attached hydrogen (secondary N) is 1. The number of hydrogen-bond acceptors (Lipinski definition) is 4. The molecule has 7 heteroatoms. The highest BCUT2D eigenvalue weighted by molar-refractivity contribution is 5.85. The van der Waals surface area contributed by atoms with Gasteiger partial charge in [-0.2, -0.15) is 0 Å². The third kappa shape index (κ3) is 3.94. The van der Waals surface area contributed by atoms with Crippen LogP contribution >= 0.6 is 0 Å². The number of nitrogens with zero attached hydrogens (tertiary/aromatic N) is 1. The number of ether oxygens (including phenoxy) is 2. The quantitative estimate of drug-likeness (QED) is 0.847. The Bertz CT molecular complexity index is 823. The van der Waals surface area contributed by atoms with E-state index in [1.807, 2.05) is 30.3 Å². The number of carbonyl (C=O) groups is 1. The zero-order valence-corrected chi connectivity index (χ0v) is 15.4. The number of piperidine rings is 1. The first kappa shape index (κ1) is 18.7. The Balaban J connectivity index is 1.37. The molecule has 5 nitrogen and oxygen atoms in total. The van der Waals surface area contributed by atoms with Gasteiger partial charge in [-0.15, -0.1) is 0 Å². The van der Waals surface area contributed by atoms with Crippen LogP contribution in [0.2, 0.25) is 0 Å². The highest BCUT2D eigenvalue weighted by Crippen LogP contribution is 2.40. The Morgan fingerprint density at radius 2 is 1.75 bits per heavy atom. The molecule has 0 aliphatic carbocycles. The van der Waals surface area contributed by atoms with Crippen LogP contribution in [0, 0.1) is 17.0 Å². The lowest BCUT2D eigenvalue weighted by Gasteiger charge is -2.47. The SMILES string of the molecule is O=C(Nc1cc(F)c(N2CCC3(CC2)COC3)c(F)c1)OCc1ccccc1. The number of benzene rings is 2. The maximum absolute atomic E-state index is 14.6. The van der Waals surface area contributed by atoms with E-state index < -0.39 is 17.7 Å². The van der Waals surface area contributed by atoms with E-state index in [2.05, 4.69) is 5.32 Å². The number of anilines is 2. The van der Waals surface area contributed by atoms with E-state index >= 15 is 0 Å². The molecule has 2 aromatic rings. The molecule has 0 saturated carbocycles. The second-order valence-corrected chi connectivity index (χ2v) is 7.46. The van der Waals surface area contributed by atoms with Gasteiger partial charge >= 0.3 is 6.09 Å². The predicted octanol–water partition coefficient (Wildman–Crippen LogP) is 4.33. The largest absolute Gasteiger partial charge is 0.444 e. The maximum Gasteiger partial charge on any atom is 0.411 e. The smallest absolute Gasteiger partial charge is 0.411 e. The van der Waals surface area contributed by atoms with Crippen LogP contribution in [-0.4, -0.2) is 32.4 Å². The zero-order chi connectivity index (χ0) is 19.6. The van der Waals surface area contributed by atoms with Crippen molar-refractivity contribution in [2.75, 3.05) is 36.5 Å². The minimum absolute atomic E-state index is 0.0256. The van der Waals surface area contributed by atoms with E-state index in [4.69, 9.17) is 9.47 Å². The van der Waals surface area contributed by atoms with Crippen LogP contribution in [0.5, 0.6) is 0 Å². The molecule has 0 aromatic heterocycles. The number of amides is 1. The average Bonchev–Trinajstić information content (AvgIpc) is 2.66. The van der Waals surface area contributed by atoms with Gasteiger partial charge in [0.15, 0.2) is 11.6 Å². The summed E-state index contributed by atoms with van der Waals surface area (Å²) < 4.78 is 39.5. The fourth-order valence-corrected chi connectivity index (χ4v) is 3.70. The molecule has 148 valence electrons. The van der Waals surface area contributed by atoms with E-state index in [1.54, 1.807) is 4.90 Å². The Morgan fingerprint density at radius 3 is 2.32 bits per heavy atom.